The van der Waals surface area contributed by atoms with E-state index in [-0.39, 0.29) is 5.78 Å². The van der Waals surface area contributed by atoms with Crippen LogP contribution < -0.4 is 0 Å². The summed E-state index contributed by atoms with van der Waals surface area (Å²) in [5.41, 5.74) is 0.775. The molecule has 0 N–H and O–H groups in total. The largest absolute Gasteiger partial charge is 0.876 e. The van der Waals surface area contributed by atoms with Gasteiger partial charge in [0, 0.05) is 0 Å². The molecule has 0 unspecified atom stereocenters. The second-order valence-electron chi connectivity index (χ2n) is 1.90. The minimum absolute atomic E-state index is 0.123. The van der Waals surface area contributed by atoms with Crippen molar-refractivity contribution in [3.8, 4) is 0 Å². The van der Waals surface area contributed by atoms with Gasteiger partial charge in [0.05, 0.1) is 5.76 Å². The third-order valence-electron chi connectivity index (χ3n) is 1.14. The summed E-state index contributed by atoms with van der Waals surface area (Å²) in [5.74, 6) is 0.194. The molecule has 0 aliphatic heterocycles. The summed E-state index contributed by atoms with van der Waals surface area (Å²) in [6.45, 7) is 3.64. The molecule has 0 aromatic carbocycles. The molecule has 0 aromatic heterocycles. The Hall–Kier alpha value is -0.778. The summed E-state index contributed by atoms with van der Waals surface area (Å²) < 4.78 is 4.69. The van der Waals surface area contributed by atoms with Crippen molar-refractivity contribution in [3.63, 3.8) is 0 Å². The van der Waals surface area contributed by atoms with Crippen LogP contribution >= 0.6 is 0 Å². The van der Waals surface area contributed by atoms with Gasteiger partial charge in [0.2, 0.25) is 5.78 Å². The molecule has 0 saturated carbocycles. The van der Waals surface area contributed by atoms with Gasteiger partial charge in [-0.3, -0.25) is 21.4 Å². The van der Waals surface area contributed by atoms with E-state index in [1.807, 2.05) is 16.6 Å². The molecule has 10 heavy (non-hydrogen) atoms. The smallest absolute Gasteiger partial charge is 0.213 e. The second-order valence-corrected chi connectivity index (χ2v) is 2.13. The molecule has 49 valence electrons. The van der Waals surface area contributed by atoms with E-state index in [1.165, 1.54) is 6.08 Å². The van der Waals surface area contributed by atoms with E-state index in [0.29, 0.717) is 5.76 Å². The van der Waals surface area contributed by atoms with Gasteiger partial charge in [-0.2, -0.15) is 0 Å². The van der Waals surface area contributed by atoms with Crippen LogP contribution in [0.25, 0.3) is 0 Å². The molecule has 0 atom stereocenters. The van der Waals surface area contributed by atoms with Gasteiger partial charge in [-0.15, -0.1) is 0 Å². The zero-order valence-electron chi connectivity index (χ0n) is 5.33. The lowest BCUT2D eigenvalue weighted by Gasteiger charge is -2.19. The molecule has 0 saturated heterocycles. The number of hydrogen-bond donors (Lipinski definition) is 0. The summed E-state index contributed by atoms with van der Waals surface area (Å²) >= 11 is 2.02. The Bertz CT molecular complexity index is 238. The molecular weight excluding hydrogens is 143 g/mol. The maximum Gasteiger partial charge on any atom is 0.213 e. The van der Waals surface area contributed by atoms with Crippen LogP contribution in [0.5, 0.6) is 0 Å². The predicted molar refractivity (Wildman–Crippen MR) is 38.2 cm³/mol. The number of ketones is 1. The third-order valence-corrected chi connectivity index (χ3v) is 1.39. The Morgan fingerprint density at radius 2 is 2.20 bits per heavy atom. The van der Waals surface area contributed by atoms with Gasteiger partial charge in [0.15, 0.2) is 0 Å². The molecular formula is C7H5AlO2-. The van der Waals surface area contributed by atoms with E-state index >= 15 is 0 Å². The molecule has 0 fully saturated rings. The van der Waals surface area contributed by atoms with Crippen molar-refractivity contribution in [2.45, 2.75) is 0 Å². The molecule has 1 aliphatic carbocycles. The molecule has 0 aromatic rings. The fourth-order valence-electron chi connectivity index (χ4n) is 0.645. The second kappa shape index (κ2) is 2.87. The van der Waals surface area contributed by atoms with Crippen molar-refractivity contribution < 1.29 is 8.58 Å². The maximum absolute atomic E-state index is 10.8. The first-order valence-corrected chi connectivity index (χ1v) is 3.21. The zero-order chi connectivity index (χ0) is 7.56. The highest BCUT2D eigenvalue weighted by molar-refractivity contribution is 6.09. The number of allylic oxidation sites excluding steroid dienone is 4. The van der Waals surface area contributed by atoms with Gasteiger partial charge in [0.25, 0.3) is 0 Å². The number of hydrogen-bond acceptors (Lipinski definition) is 2. The minimum atomic E-state index is -0.123. The molecule has 2 nitrogen and oxygen atoms in total. The van der Waals surface area contributed by atoms with E-state index in [4.69, 9.17) is 0 Å². The summed E-state index contributed by atoms with van der Waals surface area (Å²) in [4.78, 5) is 10.8. The van der Waals surface area contributed by atoms with Crippen molar-refractivity contribution in [2.75, 3.05) is 0 Å². The summed E-state index contributed by atoms with van der Waals surface area (Å²) in [7, 11) is 0. The summed E-state index contributed by atoms with van der Waals surface area (Å²) in [6.07, 6.45) is 4.67. The topological polar surface area (TPSA) is 26.3 Å². The van der Waals surface area contributed by atoms with Crippen molar-refractivity contribution in [2.24, 2.45) is 0 Å². The fraction of sp³-hybridized carbons (Fsp3) is 0. The lowest BCUT2D eigenvalue weighted by molar-refractivity contribution is -0.113. The molecule has 0 bridgehead atoms. The van der Waals surface area contributed by atoms with Crippen LogP contribution in [-0.4, -0.2) is 22.4 Å². The van der Waals surface area contributed by atoms with E-state index < -0.39 is 0 Å². The van der Waals surface area contributed by atoms with Crippen LogP contribution in [0.4, 0.5) is 0 Å². The highest BCUT2D eigenvalue weighted by Crippen LogP contribution is 2.10. The Morgan fingerprint density at radius 3 is 2.70 bits per heavy atom. The van der Waals surface area contributed by atoms with Crippen LogP contribution in [0.15, 0.2) is 36.1 Å². The van der Waals surface area contributed by atoms with Crippen molar-refractivity contribution in [1.82, 2.24) is 0 Å². The fourth-order valence-corrected chi connectivity index (χ4v) is 0.829. The van der Waals surface area contributed by atoms with E-state index in [2.05, 4.69) is 10.4 Å². The van der Waals surface area contributed by atoms with E-state index in [9.17, 15) is 4.79 Å². The first-order valence-electron chi connectivity index (χ1n) is 2.74. The van der Waals surface area contributed by atoms with Gasteiger partial charge in [-0.1, -0.05) is 12.7 Å². The van der Waals surface area contributed by atoms with Crippen LogP contribution in [0.3, 0.4) is 0 Å². The summed E-state index contributed by atoms with van der Waals surface area (Å²) in [6, 6.07) is 0. The van der Waals surface area contributed by atoms with E-state index in [1.54, 1.807) is 12.2 Å². The van der Waals surface area contributed by atoms with Gasteiger partial charge >= 0.3 is 0 Å². The van der Waals surface area contributed by atoms with Crippen LogP contribution in [-0.2, 0) is 8.58 Å². The lowest BCUT2D eigenvalue weighted by Crippen LogP contribution is -2.04. The SMILES string of the molecule is C=C1C=CC(=O)C([O][Al-])=C1. The predicted octanol–water partition coefficient (Wildman–Crippen LogP) is 0.665. The number of carbonyl (C=O) groups is 1. The number of carbonyl (C=O) groups excluding carboxylic acids is 1. The highest BCUT2D eigenvalue weighted by atomic mass is 27.1. The van der Waals surface area contributed by atoms with E-state index in [0.717, 1.165) is 5.57 Å². The van der Waals surface area contributed by atoms with Gasteiger partial charge in [0.1, 0.15) is 0 Å². The van der Waals surface area contributed by atoms with Gasteiger partial charge in [-0.25, -0.2) is 0 Å². The van der Waals surface area contributed by atoms with Crippen molar-refractivity contribution >= 4 is 22.4 Å². The molecule has 1 aliphatic rings. The summed E-state index contributed by atoms with van der Waals surface area (Å²) in [5, 5.41) is 0. The molecule has 3 heteroatoms. The van der Waals surface area contributed by atoms with Crippen molar-refractivity contribution in [1.29, 1.82) is 0 Å². The molecule has 1 rings (SSSR count). The monoisotopic (exact) mass is 148 g/mol. The maximum atomic E-state index is 10.8. The van der Waals surface area contributed by atoms with Crippen molar-refractivity contribution in [3.05, 3.63) is 36.1 Å². The Balaban J connectivity index is 2.89. The third kappa shape index (κ3) is 1.38. The van der Waals surface area contributed by atoms with Gasteiger partial charge in [-0.05, 0) is 17.7 Å². The minimum Gasteiger partial charge on any atom is -0.876 e. The highest BCUT2D eigenvalue weighted by Gasteiger charge is 2.04. The average molecular weight is 148 g/mol. The molecule has 0 amide bonds. The Labute approximate surface area is 67.6 Å². The average Bonchev–Trinajstić information content (AvgIpc) is 1.94. The molecule has 0 spiro atoms. The van der Waals surface area contributed by atoms with Crippen LogP contribution in [0.1, 0.15) is 0 Å². The lowest BCUT2D eigenvalue weighted by atomic mass is 10.1. The normalized spacial score (nSPS) is 17.1. The quantitative estimate of drug-likeness (QED) is 0.511. The number of rotatable bonds is 1. The molecule has 3 radical (unpaired) electrons. The molecule has 0 heterocycles. The zero-order valence-corrected chi connectivity index (χ0v) is 6.49. The van der Waals surface area contributed by atoms with Gasteiger partial charge < -0.3 is 3.79 Å². The van der Waals surface area contributed by atoms with Crippen LogP contribution in [0.2, 0.25) is 0 Å². The Kier molecular flexibility index (Phi) is 2.10. The first-order chi connectivity index (χ1) is 4.74. The standard InChI is InChI=1S/C7H6O2.Al/c1-5-2-3-6(8)7(9)4-5;/h2-4,9H,1H2;/p-1. The van der Waals surface area contributed by atoms with Crippen LogP contribution in [0, 0.1) is 0 Å². The first kappa shape index (κ1) is 7.33. The Morgan fingerprint density at radius 1 is 1.50 bits per heavy atom.